The lowest BCUT2D eigenvalue weighted by Crippen LogP contribution is -2.23. The summed E-state index contributed by atoms with van der Waals surface area (Å²) in [6.07, 6.45) is 1.91. The van der Waals surface area contributed by atoms with E-state index in [1.54, 1.807) is 38.4 Å². The van der Waals surface area contributed by atoms with Crippen LogP contribution in [0.15, 0.2) is 78.9 Å². The molecule has 6 heteroatoms. The molecule has 0 aromatic heterocycles. The fraction of sp³-hybridized carbons (Fsp3) is 0.231. The van der Waals surface area contributed by atoms with Gasteiger partial charge in [0.25, 0.3) is 5.91 Å². The van der Waals surface area contributed by atoms with Gasteiger partial charge in [0.2, 0.25) is 5.91 Å². The van der Waals surface area contributed by atoms with Crippen LogP contribution in [0.3, 0.4) is 0 Å². The maximum atomic E-state index is 12.3. The van der Waals surface area contributed by atoms with Crippen LogP contribution in [0.1, 0.15) is 22.3 Å². The van der Waals surface area contributed by atoms with E-state index in [9.17, 15) is 9.59 Å². The predicted octanol–water partition coefficient (Wildman–Crippen LogP) is 4.45. The van der Waals surface area contributed by atoms with Gasteiger partial charge in [0, 0.05) is 37.1 Å². The highest BCUT2D eigenvalue weighted by Crippen LogP contribution is 2.18. The zero-order valence-electron chi connectivity index (χ0n) is 18.5. The second kappa shape index (κ2) is 11.6. The van der Waals surface area contributed by atoms with Crippen LogP contribution in [0.25, 0.3) is 0 Å². The Balaban J connectivity index is 1.42. The molecule has 3 rings (SSSR count). The summed E-state index contributed by atoms with van der Waals surface area (Å²) in [4.78, 5) is 25.7. The van der Waals surface area contributed by atoms with E-state index in [1.807, 2.05) is 42.5 Å². The summed E-state index contributed by atoms with van der Waals surface area (Å²) in [5, 5.41) is 5.94. The molecular formula is C26H29N3O3. The van der Waals surface area contributed by atoms with Crippen LogP contribution < -0.4 is 15.4 Å². The fourth-order valence-electron chi connectivity index (χ4n) is 3.15. The lowest BCUT2D eigenvalue weighted by Gasteiger charge is -2.12. The number of anilines is 2. The van der Waals surface area contributed by atoms with Gasteiger partial charge in [-0.25, -0.2) is 0 Å². The smallest absolute Gasteiger partial charge is 0.253 e. The van der Waals surface area contributed by atoms with Gasteiger partial charge in [-0.15, -0.1) is 0 Å². The van der Waals surface area contributed by atoms with Crippen LogP contribution in [0, 0.1) is 0 Å². The molecule has 2 amide bonds. The van der Waals surface area contributed by atoms with Crippen molar-refractivity contribution in [2.45, 2.75) is 12.8 Å². The van der Waals surface area contributed by atoms with E-state index >= 15 is 0 Å². The maximum absolute atomic E-state index is 12.3. The summed E-state index contributed by atoms with van der Waals surface area (Å²) in [6.45, 7) is 0.751. The monoisotopic (exact) mass is 431 g/mol. The Labute approximate surface area is 189 Å². The van der Waals surface area contributed by atoms with Crippen LogP contribution in [0.5, 0.6) is 5.75 Å². The Kier molecular flexibility index (Phi) is 8.26. The third-order valence-electron chi connectivity index (χ3n) is 4.83. The molecule has 0 fully saturated rings. The van der Waals surface area contributed by atoms with E-state index in [-0.39, 0.29) is 18.4 Å². The van der Waals surface area contributed by atoms with Gasteiger partial charge >= 0.3 is 0 Å². The minimum atomic E-state index is -0.175. The number of rotatable bonds is 10. The van der Waals surface area contributed by atoms with E-state index in [0.717, 1.165) is 24.3 Å². The van der Waals surface area contributed by atoms with Gasteiger partial charge in [0.1, 0.15) is 5.75 Å². The number of hydrogen-bond donors (Lipinski definition) is 2. The van der Waals surface area contributed by atoms with Gasteiger partial charge in [-0.2, -0.15) is 0 Å². The SMILES string of the molecule is CN(C)C(=O)c1ccc(NC(=O)CNc2cccc(OCCCc3ccccc3)c2)cc1. The normalized spacial score (nSPS) is 10.3. The topological polar surface area (TPSA) is 70.7 Å². The first-order valence-corrected chi connectivity index (χ1v) is 10.6. The zero-order chi connectivity index (χ0) is 22.8. The second-order valence-electron chi connectivity index (χ2n) is 7.64. The number of nitrogens with zero attached hydrogens (tertiary/aromatic N) is 1. The number of nitrogens with one attached hydrogen (secondary N) is 2. The molecule has 32 heavy (non-hydrogen) atoms. The molecule has 166 valence electrons. The van der Waals surface area contributed by atoms with Crippen LogP contribution in [-0.2, 0) is 11.2 Å². The quantitative estimate of drug-likeness (QED) is 0.465. The summed E-state index contributed by atoms with van der Waals surface area (Å²) in [6, 6.07) is 24.8. The lowest BCUT2D eigenvalue weighted by molar-refractivity contribution is -0.114. The van der Waals surface area contributed by atoms with Crippen molar-refractivity contribution in [1.82, 2.24) is 4.90 Å². The van der Waals surface area contributed by atoms with Crippen molar-refractivity contribution in [2.24, 2.45) is 0 Å². The molecule has 0 aliphatic carbocycles. The van der Waals surface area contributed by atoms with Gasteiger partial charge in [-0.05, 0) is 54.8 Å². The molecule has 0 bridgehead atoms. The van der Waals surface area contributed by atoms with E-state index in [4.69, 9.17) is 4.74 Å². The summed E-state index contributed by atoms with van der Waals surface area (Å²) < 4.78 is 5.85. The molecule has 0 atom stereocenters. The first kappa shape index (κ1) is 22.9. The largest absolute Gasteiger partial charge is 0.494 e. The number of hydrogen-bond acceptors (Lipinski definition) is 4. The average molecular weight is 432 g/mol. The van der Waals surface area contributed by atoms with Crippen molar-refractivity contribution in [3.63, 3.8) is 0 Å². The van der Waals surface area contributed by atoms with Crippen molar-refractivity contribution in [3.8, 4) is 5.75 Å². The van der Waals surface area contributed by atoms with Crippen molar-refractivity contribution in [1.29, 1.82) is 0 Å². The first-order chi connectivity index (χ1) is 15.5. The molecule has 0 unspecified atom stereocenters. The lowest BCUT2D eigenvalue weighted by atomic mass is 10.1. The minimum Gasteiger partial charge on any atom is -0.494 e. The molecule has 3 aromatic carbocycles. The summed E-state index contributed by atoms with van der Waals surface area (Å²) in [5.74, 6) is 0.516. The van der Waals surface area contributed by atoms with Crippen LogP contribution in [-0.4, -0.2) is 44.0 Å². The van der Waals surface area contributed by atoms with Gasteiger partial charge in [0.05, 0.1) is 13.2 Å². The first-order valence-electron chi connectivity index (χ1n) is 10.6. The maximum Gasteiger partial charge on any atom is 0.253 e. The molecule has 3 aromatic rings. The Morgan fingerprint density at radius 2 is 1.62 bits per heavy atom. The summed E-state index contributed by atoms with van der Waals surface area (Å²) in [7, 11) is 3.41. The van der Waals surface area contributed by atoms with Crippen molar-refractivity contribution >= 4 is 23.2 Å². The number of amides is 2. The highest BCUT2D eigenvalue weighted by Gasteiger charge is 2.08. The third-order valence-corrected chi connectivity index (χ3v) is 4.83. The Bertz CT molecular complexity index is 1020. The highest BCUT2D eigenvalue weighted by molar-refractivity contribution is 5.96. The number of carbonyl (C=O) groups excluding carboxylic acids is 2. The van der Waals surface area contributed by atoms with Gasteiger partial charge in [0.15, 0.2) is 0 Å². The Hall–Kier alpha value is -3.80. The molecule has 0 aliphatic rings. The molecule has 2 N–H and O–H groups in total. The zero-order valence-corrected chi connectivity index (χ0v) is 18.5. The minimum absolute atomic E-state index is 0.0771. The molecule has 0 saturated heterocycles. The number of carbonyl (C=O) groups is 2. The number of ether oxygens (including phenoxy) is 1. The van der Waals surface area contributed by atoms with E-state index < -0.39 is 0 Å². The second-order valence-corrected chi connectivity index (χ2v) is 7.64. The fourth-order valence-corrected chi connectivity index (χ4v) is 3.15. The average Bonchev–Trinajstić information content (AvgIpc) is 2.81. The third kappa shape index (κ3) is 7.16. The van der Waals surface area contributed by atoms with Crippen molar-refractivity contribution in [3.05, 3.63) is 90.0 Å². The van der Waals surface area contributed by atoms with Crippen LogP contribution in [0.2, 0.25) is 0 Å². The van der Waals surface area contributed by atoms with Crippen LogP contribution >= 0.6 is 0 Å². The molecule has 0 radical (unpaired) electrons. The highest BCUT2D eigenvalue weighted by atomic mass is 16.5. The Morgan fingerprint density at radius 3 is 2.34 bits per heavy atom. The van der Waals surface area contributed by atoms with E-state index in [2.05, 4.69) is 22.8 Å². The number of aryl methyl sites for hydroxylation is 1. The predicted molar refractivity (Wildman–Crippen MR) is 128 cm³/mol. The van der Waals surface area contributed by atoms with Crippen molar-refractivity contribution in [2.75, 3.05) is 37.9 Å². The van der Waals surface area contributed by atoms with Crippen LogP contribution in [0.4, 0.5) is 11.4 Å². The molecule has 6 nitrogen and oxygen atoms in total. The molecular weight excluding hydrogens is 402 g/mol. The summed E-state index contributed by atoms with van der Waals surface area (Å²) in [5.41, 5.74) is 3.33. The molecule has 0 aliphatic heterocycles. The van der Waals surface area contributed by atoms with Gasteiger partial charge < -0.3 is 20.3 Å². The summed E-state index contributed by atoms with van der Waals surface area (Å²) >= 11 is 0. The van der Waals surface area contributed by atoms with Gasteiger partial charge in [-0.3, -0.25) is 9.59 Å². The standard InChI is InChI=1S/C26H29N3O3/c1-29(2)26(31)21-13-15-22(16-14-21)28-25(30)19-27-23-11-6-12-24(18-23)32-17-7-10-20-8-4-3-5-9-20/h3-6,8-9,11-16,18,27H,7,10,17,19H2,1-2H3,(H,28,30). The van der Waals surface area contributed by atoms with Gasteiger partial charge in [-0.1, -0.05) is 36.4 Å². The Morgan fingerprint density at radius 1 is 0.875 bits per heavy atom. The van der Waals surface area contributed by atoms with E-state index in [0.29, 0.717) is 17.9 Å². The van der Waals surface area contributed by atoms with Crippen molar-refractivity contribution < 1.29 is 14.3 Å². The van der Waals surface area contributed by atoms with E-state index in [1.165, 1.54) is 10.5 Å². The molecule has 0 heterocycles. The molecule has 0 spiro atoms. The molecule has 0 saturated carbocycles. The number of benzene rings is 3.